The summed E-state index contributed by atoms with van der Waals surface area (Å²) in [6, 6.07) is 19.2. The van der Waals surface area contributed by atoms with E-state index in [0.717, 1.165) is 43.1 Å². The number of benzene rings is 2. The fourth-order valence-corrected chi connectivity index (χ4v) is 3.71. The van der Waals surface area contributed by atoms with Gasteiger partial charge in [0.2, 0.25) is 0 Å². The van der Waals surface area contributed by atoms with Gasteiger partial charge >= 0.3 is 0 Å². The number of nitrogens with zero attached hydrogens (tertiary/aromatic N) is 3. The number of hydrogen-bond donors (Lipinski definition) is 0. The Hall–Kier alpha value is -2.63. The van der Waals surface area contributed by atoms with Gasteiger partial charge in [0, 0.05) is 37.8 Å². The van der Waals surface area contributed by atoms with Crippen molar-refractivity contribution in [2.24, 2.45) is 0 Å². The molecule has 1 aromatic heterocycles. The Balaban J connectivity index is 1.38. The first-order chi connectivity index (χ1) is 13.7. The highest BCUT2D eigenvalue weighted by molar-refractivity contribution is 6.33. The van der Waals surface area contributed by atoms with Gasteiger partial charge in [-0.2, -0.15) is 0 Å². The van der Waals surface area contributed by atoms with E-state index in [1.165, 1.54) is 0 Å². The molecule has 0 unspecified atom stereocenters. The topological polar surface area (TPSA) is 49.6 Å². The molecule has 2 aromatic carbocycles. The van der Waals surface area contributed by atoms with Gasteiger partial charge in [-0.15, -0.1) is 0 Å². The van der Waals surface area contributed by atoms with E-state index in [-0.39, 0.29) is 5.91 Å². The minimum absolute atomic E-state index is 0.00141. The van der Waals surface area contributed by atoms with Crippen LogP contribution in [0.15, 0.2) is 65.2 Å². The van der Waals surface area contributed by atoms with Crippen LogP contribution in [0.1, 0.15) is 22.5 Å². The summed E-state index contributed by atoms with van der Waals surface area (Å²) < 4.78 is 5.53. The first-order valence-electron chi connectivity index (χ1n) is 9.48. The average Bonchev–Trinajstić information content (AvgIpc) is 3.06. The molecule has 0 N–H and O–H groups in total. The van der Waals surface area contributed by atoms with E-state index in [2.05, 4.69) is 10.1 Å². The Labute approximate surface area is 169 Å². The summed E-state index contributed by atoms with van der Waals surface area (Å²) in [5.41, 5.74) is 2.46. The van der Waals surface area contributed by atoms with Crippen LogP contribution in [0, 0.1) is 0 Å². The maximum atomic E-state index is 12.8. The van der Waals surface area contributed by atoms with Crippen LogP contribution in [-0.2, 0) is 6.54 Å². The summed E-state index contributed by atoms with van der Waals surface area (Å²) in [4.78, 5) is 17.0. The lowest BCUT2D eigenvalue weighted by atomic mass is 10.1. The van der Waals surface area contributed by atoms with Crippen molar-refractivity contribution in [1.82, 2.24) is 15.0 Å². The maximum Gasteiger partial charge on any atom is 0.255 e. The van der Waals surface area contributed by atoms with Gasteiger partial charge in [-0.05, 0) is 18.6 Å². The number of aromatic nitrogens is 1. The lowest BCUT2D eigenvalue weighted by Crippen LogP contribution is -2.35. The highest BCUT2D eigenvalue weighted by Gasteiger charge is 2.22. The Morgan fingerprint density at radius 2 is 1.79 bits per heavy atom. The van der Waals surface area contributed by atoms with Crippen molar-refractivity contribution >= 4 is 17.5 Å². The normalized spacial score (nSPS) is 15.4. The van der Waals surface area contributed by atoms with Gasteiger partial charge in [0.25, 0.3) is 5.91 Å². The second-order valence-corrected chi connectivity index (χ2v) is 7.35. The highest BCUT2D eigenvalue weighted by atomic mass is 35.5. The SMILES string of the molecule is O=C(c1ccccc1Cl)N1CCCN(Cc2cc(-c3ccccc3)no2)CC1. The number of rotatable bonds is 4. The smallest absolute Gasteiger partial charge is 0.255 e. The summed E-state index contributed by atoms with van der Waals surface area (Å²) in [6.45, 7) is 3.79. The summed E-state index contributed by atoms with van der Waals surface area (Å²) in [6.07, 6.45) is 0.913. The van der Waals surface area contributed by atoms with Gasteiger partial charge in [0.05, 0.1) is 17.1 Å². The van der Waals surface area contributed by atoms with E-state index in [4.69, 9.17) is 16.1 Å². The zero-order valence-corrected chi connectivity index (χ0v) is 16.3. The van der Waals surface area contributed by atoms with Crippen molar-refractivity contribution < 1.29 is 9.32 Å². The molecular formula is C22H22ClN3O2. The van der Waals surface area contributed by atoms with Gasteiger partial charge in [-0.1, -0.05) is 59.2 Å². The molecule has 1 amide bonds. The molecule has 5 nitrogen and oxygen atoms in total. The second kappa shape index (κ2) is 8.59. The Kier molecular flexibility index (Phi) is 5.74. The fraction of sp³-hybridized carbons (Fsp3) is 0.273. The Bertz CT molecular complexity index is 942. The van der Waals surface area contributed by atoms with E-state index in [1.54, 1.807) is 12.1 Å². The molecular weight excluding hydrogens is 374 g/mol. The van der Waals surface area contributed by atoms with Crippen molar-refractivity contribution in [2.45, 2.75) is 13.0 Å². The standard InChI is InChI=1S/C22H22ClN3O2/c23-20-10-5-4-9-19(20)22(27)26-12-6-11-25(13-14-26)16-18-15-21(24-28-18)17-7-2-1-3-8-17/h1-5,7-10,15H,6,11-14,16H2. The van der Waals surface area contributed by atoms with Crippen LogP contribution in [0.3, 0.4) is 0 Å². The monoisotopic (exact) mass is 395 g/mol. The molecule has 0 radical (unpaired) electrons. The van der Waals surface area contributed by atoms with Crippen LogP contribution >= 0.6 is 11.6 Å². The van der Waals surface area contributed by atoms with Crippen LogP contribution in [0.25, 0.3) is 11.3 Å². The van der Waals surface area contributed by atoms with Gasteiger partial charge in [0.15, 0.2) is 5.76 Å². The van der Waals surface area contributed by atoms with E-state index in [1.807, 2.05) is 53.4 Å². The zero-order valence-electron chi connectivity index (χ0n) is 15.6. The van der Waals surface area contributed by atoms with Crippen LogP contribution in [0.4, 0.5) is 0 Å². The molecule has 28 heavy (non-hydrogen) atoms. The maximum absolute atomic E-state index is 12.8. The van der Waals surface area contributed by atoms with Gasteiger partial charge < -0.3 is 9.42 Å². The van der Waals surface area contributed by atoms with Gasteiger partial charge in [-0.25, -0.2) is 0 Å². The molecule has 1 aliphatic heterocycles. The third-order valence-electron chi connectivity index (χ3n) is 4.99. The molecule has 6 heteroatoms. The molecule has 2 heterocycles. The quantitative estimate of drug-likeness (QED) is 0.659. The Morgan fingerprint density at radius 1 is 1.00 bits per heavy atom. The minimum Gasteiger partial charge on any atom is -0.359 e. The van der Waals surface area contributed by atoms with E-state index in [9.17, 15) is 4.79 Å². The number of carbonyl (C=O) groups is 1. The molecule has 1 fully saturated rings. The fourth-order valence-electron chi connectivity index (χ4n) is 3.49. The molecule has 0 atom stereocenters. The molecule has 0 aliphatic carbocycles. The molecule has 0 saturated carbocycles. The number of amides is 1. The first-order valence-corrected chi connectivity index (χ1v) is 9.86. The molecule has 0 bridgehead atoms. The summed E-state index contributed by atoms with van der Waals surface area (Å²) in [7, 11) is 0. The largest absolute Gasteiger partial charge is 0.359 e. The van der Waals surface area contributed by atoms with Crippen molar-refractivity contribution in [1.29, 1.82) is 0 Å². The molecule has 1 saturated heterocycles. The zero-order chi connectivity index (χ0) is 19.3. The molecule has 3 aromatic rings. The molecule has 4 rings (SSSR count). The third-order valence-corrected chi connectivity index (χ3v) is 5.32. The minimum atomic E-state index is -0.00141. The second-order valence-electron chi connectivity index (χ2n) is 6.95. The van der Waals surface area contributed by atoms with E-state index >= 15 is 0 Å². The van der Waals surface area contributed by atoms with Crippen molar-refractivity contribution in [2.75, 3.05) is 26.2 Å². The highest BCUT2D eigenvalue weighted by Crippen LogP contribution is 2.21. The average molecular weight is 396 g/mol. The van der Waals surface area contributed by atoms with Crippen LogP contribution in [0.5, 0.6) is 0 Å². The summed E-state index contributed by atoms with van der Waals surface area (Å²) in [5.74, 6) is 0.836. The Morgan fingerprint density at radius 3 is 2.61 bits per heavy atom. The van der Waals surface area contributed by atoms with Crippen LogP contribution in [-0.4, -0.2) is 47.0 Å². The third kappa shape index (κ3) is 4.26. The first kappa shape index (κ1) is 18.7. The van der Waals surface area contributed by atoms with Crippen molar-refractivity contribution in [3.8, 4) is 11.3 Å². The molecule has 1 aliphatic rings. The van der Waals surface area contributed by atoms with E-state index < -0.39 is 0 Å². The lowest BCUT2D eigenvalue weighted by molar-refractivity contribution is 0.0761. The predicted octanol–water partition coefficient (Wildman–Crippen LogP) is 4.34. The van der Waals surface area contributed by atoms with Gasteiger partial charge in [0.1, 0.15) is 5.69 Å². The molecule has 144 valence electrons. The number of carbonyl (C=O) groups excluding carboxylic acids is 1. The number of hydrogen-bond acceptors (Lipinski definition) is 4. The molecule has 0 spiro atoms. The number of halogens is 1. The van der Waals surface area contributed by atoms with E-state index in [0.29, 0.717) is 23.7 Å². The van der Waals surface area contributed by atoms with Gasteiger partial charge in [-0.3, -0.25) is 9.69 Å². The van der Waals surface area contributed by atoms with Crippen LogP contribution < -0.4 is 0 Å². The summed E-state index contributed by atoms with van der Waals surface area (Å²) in [5, 5.41) is 4.69. The summed E-state index contributed by atoms with van der Waals surface area (Å²) >= 11 is 6.19. The van der Waals surface area contributed by atoms with Crippen molar-refractivity contribution in [3.05, 3.63) is 77.0 Å². The van der Waals surface area contributed by atoms with Crippen molar-refractivity contribution in [3.63, 3.8) is 0 Å². The predicted molar refractivity (Wildman–Crippen MR) is 109 cm³/mol. The van der Waals surface area contributed by atoms with Crippen LogP contribution in [0.2, 0.25) is 5.02 Å². The lowest BCUT2D eigenvalue weighted by Gasteiger charge is -2.21.